The van der Waals surface area contributed by atoms with Gasteiger partial charge in [0.15, 0.2) is 23.7 Å². The highest BCUT2D eigenvalue weighted by Gasteiger charge is 2.36. The Balaban J connectivity index is 1.18. The molecule has 3 aromatic carbocycles. The van der Waals surface area contributed by atoms with Crippen LogP contribution in [0, 0.1) is 0 Å². The Hall–Kier alpha value is -4.28. The summed E-state index contributed by atoms with van der Waals surface area (Å²) in [6.45, 7) is -0.375. The smallest absolute Gasteiger partial charge is 0.336 e. The van der Waals surface area contributed by atoms with Gasteiger partial charge in [0.2, 0.25) is 0 Å². The number of nitrogens with zero attached hydrogens (tertiary/aromatic N) is 1. The van der Waals surface area contributed by atoms with Gasteiger partial charge >= 0.3 is 11.9 Å². The fourth-order valence-corrected chi connectivity index (χ4v) is 5.06. The molecule has 1 aromatic heterocycles. The van der Waals surface area contributed by atoms with E-state index in [9.17, 15) is 19.5 Å². The molecule has 10 nitrogen and oxygen atoms in total. The number of nitrogens with one attached hydrogen (secondary N) is 1. The van der Waals surface area contributed by atoms with Crippen molar-refractivity contribution < 1.29 is 38.5 Å². The molecular formula is C34H40N2O8. The number of aromatic nitrogens is 1. The molecule has 0 aliphatic heterocycles. The van der Waals surface area contributed by atoms with Crippen molar-refractivity contribution in [2.45, 2.75) is 70.0 Å². The molecule has 2 unspecified atom stereocenters. The molecule has 0 radical (unpaired) electrons. The molecule has 0 aliphatic carbocycles. The molecule has 4 rings (SSSR count). The molecule has 1 amide bonds. The van der Waals surface area contributed by atoms with Crippen molar-refractivity contribution in [3.05, 3.63) is 78.2 Å². The van der Waals surface area contributed by atoms with Crippen LogP contribution in [0.2, 0.25) is 0 Å². The number of amides is 1. The molecule has 4 aromatic rings. The van der Waals surface area contributed by atoms with Crippen molar-refractivity contribution in [2.24, 2.45) is 0 Å². The monoisotopic (exact) mass is 604 g/mol. The van der Waals surface area contributed by atoms with Gasteiger partial charge in [0.1, 0.15) is 12.1 Å². The Labute approximate surface area is 256 Å². The number of carboxylic acids is 2. The van der Waals surface area contributed by atoms with Gasteiger partial charge in [-0.2, -0.15) is 0 Å². The molecular weight excluding hydrogens is 564 g/mol. The minimum absolute atomic E-state index is 0.145. The predicted molar refractivity (Wildman–Crippen MR) is 165 cm³/mol. The standard InChI is InChI=1S/C34H40N2O8/c37-30(38)23-43-32(34(40)41)31(42-21-11-3-4-12-24-18-19-25-13-6-7-14-26(25)22-24)33(39)35-20-10-2-1-5-17-29-36-27-15-8-9-16-28(27)44-29/h6-9,13-16,18-19,22,31-32H,1-5,10-12,17,20-21,23H2,(H,35,39)(H,37,38)(H,40,41). The zero-order valence-corrected chi connectivity index (χ0v) is 24.8. The van der Waals surface area contributed by atoms with Crippen LogP contribution in [-0.4, -0.2) is 65.0 Å². The SMILES string of the molecule is O=C(O)COC(C(=O)O)C(OCCCCCc1ccc2ccccc2c1)C(=O)NCCCCCCc1nc2ccccc2o1. The van der Waals surface area contributed by atoms with E-state index in [1.165, 1.54) is 16.3 Å². The van der Waals surface area contributed by atoms with Gasteiger partial charge in [0.05, 0.1) is 0 Å². The number of hydrogen-bond acceptors (Lipinski definition) is 7. The zero-order valence-electron chi connectivity index (χ0n) is 24.8. The maximum Gasteiger partial charge on any atom is 0.336 e. The summed E-state index contributed by atoms with van der Waals surface area (Å²) in [7, 11) is 0. The third-order valence-corrected chi connectivity index (χ3v) is 7.34. The van der Waals surface area contributed by atoms with Crippen LogP contribution in [0.15, 0.2) is 71.1 Å². The minimum Gasteiger partial charge on any atom is -0.480 e. The van der Waals surface area contributed by atoms with E-state index in [2.05, 4.69) is 40.6 Å². The largest absolute Gasteiger partial charge is 0.480 e. The number of carbonyl (C=O) groups is 3. The van der Waals surface area contributed by atoms with Gasteiger partial charge in [-0.25, -0.2) is 14.6 Å². The number of aryl methyl sites for hydroxylation is 2. The number of aliphatic carboxylic acids is 2. The number of rotatable bonds is 20. The Morgan fingerprint density at radius 2 is 1.50 bits per heavy atom. The summed E-state index contributed by atoms with van der Waals surface area (Å²) in [5, 5.41) is 23.8. The van der Waals surface area contributed by atoms with Gasteiger partial charge in [0.25, 0.3) is 5.91 Å². The van der Waals surface area contributed by atoms with E-state index in [-0.39, 0.29) is 6.61 Å². The molecule has 0 aliphatic rings. The number of benzene rings is 3. The maximum atomic E-state index is 13.0. The van der Waals surface area contributed by atoms with Gasteiger partial charge in [0, 0.05) is 19.6 Å². The Morgan fingerprint density at radius 3 is 2.30 bits per heavy atom. The molecule has 3 N–H and O–H groups in total. The first kappa shape index (κ1) is 32.6. The Bertz CT molecular complexity index is 1480. The van der Waals surface area contributed by atoms with E-state index in [0.717, 1.165) is 56.0 Å². The molecule has 10 heteroatoms. The molecule has 1 heterocycles. The molecule has 2 atom stereocenters. The van der Waals surface area contributed by atoms with Gasteiger partial charge in [-0.1, -0.05) is 73.9 Å². The normalized spacial score (nSPS) is 12.7. The van der Waals surface area contributed by atoms with E-state index in [1.807, 2.05) is 36.4 Å². The lowest BCUT2D eigenvalue weighted by Crippen LogP contribution is -2.49. The number of fused-ring (bicyclic) bond motifs is 2. The number of para-hydroxylation sites is 2. The molecule has 0 fully saturated rings. The molecule has 234 valence electrons. The van der Waals surface area contributed by atoms with Crippen LogP contribution >= 0.6 is 0 Å². The van der Waals surface area contributed by atoms with Gasteiger partial charge < -0.3 is 29.4 Å². The van der Waals surface area contributed by atoms with E-state index >= 15 is 0 Å². The van der Waals surface area contributed by atoms with Gasteiger partial charge in [-0.3, -0.25) is 4.79 Å². The number of carboxylic acid groups (broad SMARTS) is 2. The summed E-state index contributed by atoms with van der Waals surface area (Å²) < 4.78 is 16.5. The first-order valence-electron chi connectivity index (χ1n) is 15.2. The van der Waals surface area contributed by atoms with Crippen LogP contribution in [0.25, 0.3) is 21.9 Å². The average molecular weight is 605 g/mol. The summed E-state index contributed by atoms with van der Waals surface area (Å²) >= 11 is 0. The quantitative estimate of drug-likeness (QED) is 0.110. The first-order chi connectivity index (χ1) is 21.4. The second-order valence-electron chi connectivity index (χ2n) is 10.8. The zero-order chi connectivity index (χ0) is 31.1. The third kappa shape index (κ3) is 10.2. The van der Waals surface area contributed by atoms with Crippen molar-refractivity contribution in [1.29, 1.82) is 0 Å². The fourth-order valence-electron chi connectivity index (χ4n) is 5.06. The van der Waals surface area contributed by atoms with E-state index in [4.69, 9.17) is 19.0 Å². The summed E-state index contributed by atoms with van der Waals surface area (Å²) in [5.74, 6) is -2.72. The number of carbonyl (C=O) groups excluding carboxylic acids is 1. The highest BCUT2D eigenvalue weighted by molar-refractivity contribution is 5.88. The lowest BCUT2D eigenvalue weighted by Gasteiger charge is -2.23. The second-order valence-corrected chi connectivity index (χ2v) is 10.8. The van der Waals surface area contributed by atoms with Crippen molar-refractivity contribution in [1.82, 2.24) is 10.3 Å². The summed E-state index contributed by atoms with van der Waals surface area (Å²) in [5.41, 5.74) is 2.85. The summed E-state index contributed by atoms with van der Waals surface area (Å²) in [4.78, 5) is 40.3. The first-order valence-corrected chi connectivity index (χ1v) is 15.2. The average Bonchev–Trinajstić information content (AvgIpc) is 3.43. The molecule has 0 spiro atoms. The van der Waals surface area contributed by atoms with Crippen molar-refractivity contribution in [3.63, 3.8) is 0 Å². The molecule has 0 saturated carbocycles. The lowest BCUT2D eigenvalue weighted by molar-refractivity contribution is -0.172. The Morgan fingerprint density at radius 1 is 0.773 bits per heavy atom. The van der Waals surface area contributed by atoms with E-state index in [1.54, 1.807) is 0 Å². The summed E-state index contributed by atoms with van der Waals surface area (Å²) in [6.07, 6.45) is 4.08. The highest BCUT2D eigenvalue weighted by atomic mass is 16.6. The van der Waals surface area contributed by atoms with Gasteiger partial charge in [-0.15, -0.1) is 0 Å². The number of oxazole rings is 1. The fraction of sp³-hybridized carbons (Fsp3) is 0.412. The molecule has 0 bridgehead atoms. The summed E-state index contributed by atoms with van der Waals surface area (Å²) in [6, 6.07) is 22.2. The van der Waals surface area contributed by atoms with Crippen LogP contribution < -0.4 is 5.32 Å². The Kier molecular flexibility index (Phi) is 12.7. The van der Waals surface area contributed by atoms with Crippen molar-refractivity contribution in [3.8, 4) is 0 Å². The van der Waals surface area contributed by atoms with Crippen LogP contribution in [0.5, 0.6) is 0 Å². The van der Waals surface area contributed by atoms with Crippen LogP contribution in [0.4, 0.5) is 0 Å². The van der Waals surface area contributed by atoms with E-state index in [0.29, 0.717) is 25.3 Å². The van der Waals surface area contributed by atoms with Crippen molar-refractivity contribution in [2.75, 3.05) is 19.8 Å². The second kappa shape index (κ2) is 17.1. The topological polar surface area (TPSA) is 148 Å². The highest BCUT2D eigenvalue weighted by Crippen LogP contribution is 2.18. The van der Waals surface area contributed by atoms with Crippen molar-refractivity contribution >= 4 is 39.7 Å². The number of unbranched alkanes of at least 4 members (excludes halogenated alkanes) is 5. The molecule has 44 heavy (non-hydrogen) atoms. The maximum absolute atomic E-state index is 13.0. The molecule has 0 saturated heterocycles. The van der Waals surface area contributed by atoms with Crippen LogP contribution in [-0.2, 0) is 36.7 Å². The van der Waals surface area contributed by atoms with Gasteiger partial charge in [-0.05, 0) is 60.6 Å². The van der Waals surface area contributed by atoms with Crippen LogP contribution in [0.3, 0.4) is 0 Å². The predicted octanol–water partition coefficient (Wildman–Crippen LogP) is 5.55. The minimum atomic E-state index is -1.74. The number of hydrogen-bond donors (Lipinski definition) is 3. The lowest BCUT2D eigenvalue weighted by atomic mass is 10.0. The third-order valence-electron chi connectivity index (χ3n) is 7.34. The number of ether oxygens (including phenoxy) is 2. The van der Waals surface area contributed by atoms with Crippen LogP contribution in [0.1, 0.15) is 56.4 Å². The van der Waals surface area contributed by atoms with E-state index < -0.39 is 36.7 Å².